The summed E-state index contributed by atoms with van der Waals surface area (Å²) in [5.41, 5.74) is 0.759. The van der Waals surface area contributed by atoms with Crippen molar-refractivity contribution in [1.29, 1.82) is 0 Å². The number of thiophene rings is 1. The van der Waals surface area contributed by atoms with Crippen LogP contribution in [0.3, 0.4) is 0 Å². The third-order valence-corrected chi connectivity index (χ3v) is 7.12. The zero-order chi connectivity index (χ0) is 21.8. The first-order valence-electron chi connectivity index (χ1n) is 10.3. The molecular formula is C22H25FN4O2S2. The highest BCUT2D eigenvalue weighted by atomic mass is 32.2. The Morgan fingerprint density at radius 1 is 1.39 bits per heavy atom. The number of ether oxygens (including phenoxy) is 1. The number of hydrogen-bond acceptors (Lipinski definition) is 6. The van der Waals surface area contributed by atoms with E-state index in [9.17, 15) is 9.18 Å². The van der Waals surface area contributed by atoms with Crippen LogP contribution in [0.4, 0.5) is 4.39 Å². The van der Waals surface area contributed by atoms with E-state index in [2.05, 4.69) is 14.8 Å². The molecule has 1 fully saturated rings. The summed E-state index contributed by atoms with van der Waals surface area (Å²) in [6.07, 6.45) is 2.20. The van der Waals surface area contributed by atoms with E-state index >= 15 is 0 Å². The number of halogens is 1. The van der Waals surface area contributed by atoms with Gasteiger partial charge < -0.3 is 9.64 Å². The summed E-state index contributed by atoms with van der Waals surface area (Å²) in [7, 11) is 1.73. The van der Waals surface area contributed by atoms with Gasteiger partial charge in [-0.25, -0.2) is 4.39 Å². The molecule has 1 amide bonds. The molecule has 164 valence electrons. The smallest absolute Gasteiger partial charge is 0.235 e. The average molecular weight is 461 g/mol. The molecule has 0 bridgehead atoms. The molecule has 6 nitrogen and oxygen atoms in total. The normalized spacial score (nSPS) is 17.1. The molecule has 2 unspecified atom stereocenters. The molecule has 31 heavy (non-hydrogen) atoms. The van der Waals surface area contributed by atoms with E-state index in [1.165, 1.54) is 23.9 Å². The number of carbonyl (C=O) groups excluding carboxylic acids is 1. The van der Waals surface area contributed by atoms with Gasteiger partial charge in [-0.3, -0.25) is 9.36 Å². The number of hydrogen-bond donors (Lipinski definition) is 0. The fourth-order valence-corrected chi connectivity index (χ4v) is 5.32. The monoisotopic (exact) mass is 460 g/mol. The van der Waals surface area contributed by atoms with E-state index in [0.717, 1.165) is 35.7 Å². The fraction of sp³-hybridized carbons (Fsp3) is 0.409. The number of benzene rings is 1. The minimum absolute atomic E-state index is 0.0430. The van der Waals surface area contributed by atoms with Crippen LogP contribution in [0.1, 0.15) is 25.3 Å². The van der Waals surface area contributed by atoms with Crippen molar-refractivity contribution in [1.82, 2.24) is 19.7 Å². The van der Waals surface area contributed by atoms with E-state index in [1.807, 2.05) is 30.5 Å². The summed E-state index contributed by atoms with van der Waals surface area (Å²) in [4.78, 5) is 15.6. The molecule has 0 aliphatic carbocycles. The first-order valence-corrected chi connectivity index (χ1v) is 12.0. The average Bonchev–Trinajstić information content (AvgIpc) is 3.51. The maximum Gasteiger partial charge on any atom is 0.235 e. The lowest BCUT2D eigenvalue weighted by Gasteiger charge is -2.21. The summed E-state index contributed by atoms with van der Waals surface area (Å²) < 4.78 is 21.4. The van der Waals surface area contributed by atoms with Gasteiger partial charge in [0.05, 0.1) is 22.8 Å². The number of rotatable bonds is 8. The molecular weight excluding hydrogens is 435 g/mol. The van der Waals surface area contributed by atoms with Crippen LogP contribution >= 0.6 is 23.1 Å². The lowest BCUT2D eigenvalue weighted by Crippen LogP contribution is -2.33. The van der Waals surface area contributed by atoms with Crippen molar-refractivity contribution in [2.24, 2.45) is 0 Å². The molecule has 1 aromatic carbocycles. The Morgan fingerprint density at radius 3 is 2.97 bits per heavy atom. The molecule has 4 rings (SSSR count). The van der Waals surface area contributed by atoms with Gasteiger partial charge in [0.1, 0.15) is 5.82 Å². The van der Waals surface area contributed by atoms with Crippen molar-refractivity contribution in [3.8, 4) is 10.7 Å². The Labute approximate surface area is 189 Å². The van der Waals surface area contributed by atoms with Gasteiger partial charge in [-0.05, 0) is 48.9 Å². The molecule has 0 N–H and O–H groups in total. The van der Waals surface area contributed by atoms with Crippen LogP contribution in [0.2, 0.25) is 0 Å². The van der Waals surface area contributed by atoms with Gasteiger partial charge in [0.2, 0.25) is 5.91 Å². The molecule has 2 aromatic heterocycles. The molecule has 2 atom stereocenters. The second-order valence-electron chi connectivity index (χ2n) is 7.61. The molecule has 0 radical (unpaired) electrons. The number of carbonyl (C=O) groups is 1. The van der Waals surface area contributed by atoms with Crippen molar-refractivity contribution in [3.63, 3.8) is 0 Å². The fourth-order valence-electron chi connectivity index (χ4n) is 3.63. The topological polar surface area (TPSA) is 60.2 Å². The lowest BCUT2D eigenvalue weighted by molar-refractivity contribution is -0.129. The zero-order valence-corrected chi connectivity index (χ0v) is 19.2. The van der Waals surface area contributed by atoms with Crippen LogP contribution in [0.25, 0.3) is 10.7 Å². The number of nitrogens with zero attached hydrogens (tertiary/aromatic N) is 4. The predicted octanol–water partition coefficient (Wildman–Crippen LogP) is 4.46. The second-order valence-corrected chi connectivity index (χ2v) is 9.87. The van der Waals surface area contributed by atoms with Gasteiger partial charge in [-0.1, -0.05) is 30.0 Å². The van der Waals surface area contributed by atoms with E-state index in [0.29, 0.717) is 18.2 Å². The van der Waals surface area contributed by atoms with Crippen LogP contribution in [0, 0.1) is 5.82 Å². The van der Waals surface area contributed by atoms with Gasteiger partial charge in [0.15, 0.2) is 11.0 Å². The summed E-state index contributed by atoms with van der Waals surface area (Å²) in [6.45, 7) is 3.67. The minimum Gasteiger partial charge on any atom is -0.376 e. The van der Waals surface area contributed by atoms with Gasteiger partial charge in [0.25, 0.3) is 0 Å². The summed E-state index contributed by atoms with van der Waals surface area (Å²) in [5.74, 6) is 0.462. The van der Waals surface area contributed by atoms with Crippen LogP contribution in [-0.4, -0.2) is 50.6 Å². The van der Waals surface area contributed by atoms with E-state index < -0.39 is 0 Å². The molecule has 3 heterocycles. The Kier molecular flexibility index (Phi) is 7.04. The minimum atomic E-state index is -0.359. The Hall–Kier alpha value is -2.23. The third-order valence-electron chi connectivity index (χ3n) is 5.18. The van der Waals surface area contributed by atoms with Crippen molar-refractivity contribution < 1.29 is 13.9 Å². The number of aromatic nitrogens is 3. The molecule has 3 aromatic rings. The van der Waals surface area contributed by atoms with E-state index in [1.54, 1.807) is 29.4 Å². The number of amides is 1. The van der Waals surface area contributed by atoms with Crippen LogP contribution in [-0.2, 0) is 22.6 Å². The SMILES string of the molecule is CC(Sc1nnc(-c2cccs2)n1CC1CCCO1)C(=O)N(C)Cc1cccc(F)c1. The number of thioether (sulfide) groups is 1. The molecule has 0 saturated carbocycles. The van der Waals surface area contributed by atoms with E-state index in [-0.39, 0.29) is 23.1 Å². The molecule has 1 saturated heterocycles. The highest BCUT2D eigenvalue weighted by Crippen LogP contribution is 2.31. The zero-order valence-electron chi connectivity index (χ0n) is 17.5. The largest absolute Gasteiger partial charge is 0.376 e. The Balaban J connectivity index is 1.48. The summed E-state index contributed by atoms with van der Waals surface area (Å²) >= 11 is 3.01. The second kappa shape index (κ2) is 9.93. The van der Waals surface area contributed by atoms with Crippen LogP contribution in [0.15, 0.2) is 46.9 Å². The van der Waals surface area contributed by atoms with E-state index in [4.69, 9.17) is 4.74 Å². The van der Waals surface area contributed by atoms with Crippen LogP contribution < -0.4 is 0 Å². The molecule has 1 aliphatic rings. The van der Waals surface area contributed by atoms with Gasteiger partial charge in [0, 0.05) is 20.2 Å². The van der Waals surface area contributed by atoms with Crippen molar-refractivity contribution in [2.75, 3.05) is 13.7 Å². The highest BCUT2D eigenvalue weighted by Gasteiger charge is 2.26. The van der Waals surface area contributed by atoms with Crippen molar-refractivity contribution in [3.05, 3.63) is 53.2 Å². The molecule has 9 heteroatoms. The Morgan fingerprint density at radius 2 is 2.26 bits per heavy atom. The summed E-state index contributed by atoms with van der Waals surface area (Å²) in [5, 5.41) is 11.2. The maximum atomic E-state index is 13.5. The Bertz CT molecular complexity index is 1020. The maximum absolute atomic E-state index is 13.5. The third kappa shape index (κ3) is 5.34. The van der Waals surface area contributed by atoms with Crippen LogP contribution in [0.5, 0.6) is 0 Å². The lowest BCUT2D eigenvalue weighted by atomic mass is 10.2. The van der Waals surface area contributed by atoms with Gasteiger partial charge in [-0.15, -0.1) is 21.5 Å². The predicted molar refractivity (Wildman–Crippen MR) is 121 cm³/mol. The van der Waals surface area contributed by atoms with Gasteiger partial charge in [-0.2, -0.15) is 0 Å². The summed E-state index contributed by atoms with van der Waals surface area (Å²) in [6, 6.07) is 10.3. The van der Waals surface area contributed by atoms with Crippen molar-refractivity contribution in [2.45, 2.75) is 49.4 Å². The molecule has 1 aliphatic heterocycles. The van der Waals surface area contributed by atoms with Crippen molar-refractivity contribution >= 4 is 29.0 Å². The standard InChI is InChI=1S/C22H25FN4O2S2/c1-15(21(28)26(2)13-16-6-3-7-17(23)12-16)31-22-25-24-20(19-9-5-11-30-19)27(22)14-18-8-4-10-29-18/h3,5-7,9,11-12,15,18H,4,8,10,13-14H2,1-2H3. The first-order chi connectivity index (χ1) is 15.0. The van der Waals surface area contributed by atoms with Gasteiger partial charge >= 0.3 is 0 Å². The first kappa shape index (κ1) is 22.0. The quantitative estimate of drug-likeness (QED) is 0.465. The highest BCUT2D eigenvalue weighted by molar-refractivity contribution is 8.00. The molecule has 0 spiro atoms.